The number of carbonyl (C=O) groups excluding carboxylic acids is 2. The van der Waals surface area contributed by atoms with E-state index < -0.39 is 0 Å². The predicted octanol–water partition coefficient (Wildman–Crippen LogP) is 0.800. The maximum Gasteiger partial charge on any atom is 0.133 e. The predicted molar refractivity (Wildman–Crippen MR) is 33.0 cm³/mol. The van der Waals surface area contributed by atoms with Crippen LogP contribution in [-0.2, 0) is 9.59 Å². The van der Waals surface area contributed by atoms with E-state index in [4.69, 9.17) is 0 Å². The molecule has 1 aliphatic rings. The van der Waals surface area contributed by atoms with Gasteiger partial charge in [-0.15, -0.1) is 0 Å². The molecule has 2 nitrogen and oxygen atoms in total. The summed E-state index contributed by atoms with van der Waals surface area (Å²) in [6.07, 6.45) is 1.98. The number of rotatable bonds is 1. The first-order valence-electron chi connectivity index (χ1n) is 3.21. The lowest BCUT2D eigenvalue weighted by Gasteiger charge is -2.02. The van der Waals surface area contributed by atoms with Crippen LogP contribution < -0.4 is 0 Å². The summed E-state index contributed by atoms with van der Waals surface area (Å²) in [7, 11) is 0. The first-order valence-corrected chi connectivity index (χ1v) is 3.21. The minimum absolute atomic E-state index is 0.0116. The van der Waals surface area contributed by atoms with E-state index in [0.29, 0.717) is 12.8 Å². The van der Waals surface area contributed by atoms with Crippen LogP contribution in [0.3, 0.4) is 0 Å². The number of ketones is 1. The standard InChI is InChI=1S/C7H10O2/c1-5-2-7(9)3-6(5)4-8/h4-6H,2-3H2,1H3/t5-,6+/m0/s1. The molecular weight excluding hydrogens is 116 g/mol. The quantitative estimate of drug-likeness (QED) is 0.487. The summed E-state index contributed by atoms with van der Waals surface area (Å²) in [6, 6.07) is 0. The normalized spacial score (nSPS) is 35.0. The van der Waals surface area contributed by atoms with Crippen LogP contribution in [0, 0.1) is 11.8 Å². The number of carbonyl (C=O) groups is 2. The summed E-state index contributed by atoms with van der Waals surface area (Å²) < 4.78 is 0. The van der Waals surface area contributed by atoms with Crippen molar-refractivity contribution >= 4 is 12.1 Å². The molecule has 0 saturated heterocycles. The maximum absolute atomic E-state index is 10.7. The van der Waals surface area contributed by atoms with Crippen LogP contribution in [0.15, 0.2) is 0 Å². The van der Waals surface area contributed by atoms with Gasteiger partial charge in [-0.3, -0.25) is 4.79 Å². The molecule has 0 bridgehead atoms. The molecule has 9 heavy (non-hydrogen) atoms. The summed E-state index contributed by atoms with van der Waals surface area (Å²) in [5, 5.41) is 0. The Labute approximate surface area is 54.2 Å². The van der Waals surface area contributed by atoms with Gasteiger partial charge in [-0.05, 0) is 5.92 Å². The van der Waals surface area contributed by atoms with E-state index >= 15 is 0 Å². The molecule has 0 aromatic carbocycles. The summed E-state index contributed by atoms with van der Waals surface area (Å²) in [4.78, 5) is 20.9. The highest BCUT2D eigenvalue weighted by atomic mass is 16.1. The van der Waals surface area contributed by atoms with Crippen LogP contribution in [-0.4, -0.2) is 12.1 Å². The SMILES string of the molecule is C[C@H]1CC(=O)C[C@@H]1C=O. The second-order valence-electron chi connectivity index (χ2n) is 2.72. The lowest BCUT2D eigenvalue weighted by molar-refractivity contribution is -0.119. The molecule has 1 fully saturated rings. The van der Waals surface area contributed by atoms with Crippen molar-refractivity contribution in [2.24, 2.45) is 11.8 Å². The average Bonchev–Trinajstić information content (AvgIpc) is 2.10. The Hall–Kier alpha value is -0.660. The molecule has 50 valence electrons. The third-order valence-corrected chi connectivity index (χ3v) is 1.92. The van der Waals surface area contributed by atoms with Gasteiger partial charge in [0.05, 0.1) is 0 Å². The Bertz CT molecular complexity index is 140. The van der Waals surface area contributed by atoms with E-state index in [1.807, 2.05) is 6.92 Å². The molecule has 0 amide bonds. The molecule has 0 N–H and O–H groups in total. The summed E-state index contributed by atoms with van der Waals surface area (Å²) in [6.45, 7) is 1.95. The maximum atomic E-state index is 10.7. The van der Waals surface area contributed by atoms with Crippen molar-refractivity contribution in [2.45, 2.75) is 19.8 Å². The van der Waals surface area contributed by atoms with E-state index in [1.165, 1.54) is 0 Å². The molecule has 1 aliphatic carbocycles. The largest absolute Gasteiger partial charge is 0.303 e. The molecule has 2 atom stereocenters. The van der Waals surface area contributed by atoms with Gasteiger partial charge >= 0.3 is 0 Å². The second-order valence-corrected chi connectivity index (χ2v) is 2.72. The smallest absolute Gasteiger partial charge is 0.133 e. The van der Waals surface area contributed by atoms with Crippen molar-refractivity contribution in [2.75, 3.05) is 0 Å². The Balaban J connectivity index is 2.57. The second kappa shape index (κ2) is 2.29. The minimum atomic E-state index is 0.0116. The topological polar surface area (TPSA) is 34.1 Å². The zero-order valence-corrected chi connectivity index (χ0v) is 5.46. The monoisotopic (exact) mass is 126 g/mol. The molecule has 0 spiro atoms. The fourth-order valence-electron chi connectivity index (χ4n) is 1.24. The van der Waals surface area contributed by atoms with Gasteiger partial charge in [-0.2, -0.15) is 0 Å². The molecule has 0 unspecified atom stereocenters. The van der Waals surface area contributed by atoms with Gasteiger partial charge in [0, 0.05) is 18.8 Å². The van der Waals surface area contributed by atoms with Gasteiger partial charge in [-0.1, -0.05) is 6.92 Å². The molecule has 0 aromatic heterocycles. The Kier molecular flexibility index (Phi) is 1.65. The van der Waals surface area contributed by atoms with E-state index in [-0.39, 0.29) is 17.6 Å². The molecule has 0 aromatic rings. The number of aldehydes is 1. The lowest BCUT2D eigenvalue weighted by atomic mass is 10.0. The van der Waals surface area contributed by atoms with Crippen LogP contribution in [0.2, 0.25) is 0 Å². The Morgan fingerprint density at radius 2 is 2.22 bits per heavy atom. The summed E-state index contributed by atoms with van der Waals surface area (Å²) in [5.41, 5.74) is 0. The molecule has 0 heterocycles. The van der Waals surface area contributed by atoms with Gasteiger partial charge in [0.1, 0.15) is 12.1 Å². The molecule has 0 aliphatic heterocycles. The molecule has 1 saturated carbocycles. The zero-order chi connectivity index (χ0) is 6.85. The fourth-order valence-corrected chi connectivity index (χ4v) is 1.24. The van der Waals surface area contributed by atoms with Crippen LogP contribution >= 0.6 is 0 Å². The van der Waals surface area contributed by atoms with Gasteiger partial charge in [0.2, 0.25) is 0 Å². The van der Waals surface area contributed by atoms with Crippen LogP contribution in [0.1, 0.15) is 19.8 Å². The molecule has 2 heteroatoms. The van der Waals surface area contributed by atoms with E-state index in [9.17, 15) is 9.59 Å². The number of hydrogen-bond acceptors (Lipinski definition) is 2. The fraction of sp³-hybridized carbons (Fsp3) is 0.714. The van der Waals surface area contributed by atoms with Crippen molar-refractivity contribution in [1.29, 1.82) is 0 Å². The van der Waals surface area contributed by atoms with Crippen molar-refractivity contribution in [3.05, 3.63) is 0 Å². The number of Topliss-reactive ketones (excluding diaryl/α,β-unsaturated/α-hetero) is 1. The van der Waals surface area contributed by atoms with Gasteiger partial charge in [0.25, 0.3) is 0 Å². The minimum Gasteiger partial charge on any atom is -0.303 e. The first-order chi connectivity index (χ1) is 4.24. The Morgan fingerprint density at radius 3 is 2.44 bits per heavy atom. The zero-order valence-electron chi connectivity index (χ0n) is 5.46. The van der Waals surface area contributed by atoms with E-state index in [1.54, 1.807) is 0 Å². The lowest BCUT2D eigenvalue weighted by Crippen LogP contribution is -2.03. The van der Waals surface area contributed by atoms with E-state index in [2.05, 4.69) is 0 Å². The van der Waals surface area contributed by atoms with Gasteiger partial charge < -0.3 is 4.79 Å². The first kappa shape index (κ1) is 6.46. The third-order valence-electron chi connectivity index (χ3n) is 1.92. The highest BCUT2D eigenvalue weighted by Gasteiger charge is 2.28. The van der Waals surface area contributed by atoms with Crippen LogP contribution in [0.25, 0.3) is 0 Å². The highest BCUT2D eigenvalue weighted by molar-refractivity contribution is 5.84. The molecule has 1 rings (SSSR count). The number of hydrogen-bond donors (Lipinski definition) is 0. The van der Waals surface area contributed by atoms with Crippen LogP contribution in [0.5, 0.6) is 0 Å². The highest BCUT2D eigenvalue weighted by Crippen LogP contribution is 2.26. The van der Waals surface area contributed by atoms with Crippen LogP contribution in [0.4, 0.5) is 0 Å². The Morgan fingerprint density at radius 1 is 1.56 bits per heavy atom. The van der Waals surface area contributed by atoms with Crippen molar-refractivity contribution in [1.82, 2.24) is 0 Å². The van der Waals surface area contributed by atoms with Crippen molar-refractivity contribution in [3.63, 3.8) is 0 Å². The summed E-state index contributed by atoms with van der Waals surface area (Å²) >= 11 is 0. The third kappa shape index (κ3) is 1.18. The molecular formula is C7H10O2. The molecule has 0 radical (unpaired) electrons. The van der Waals surface area contributed by atoms with E-state index in [0.717, 1.165) is 6.29 Å². The van der Waals surface area contributed by atoms with Crippen molar-refractivity contribution in [3.8, 4) is 0 Å². The van der Waals surface area contributed by atoms with Gasteiger partial charge in [-0.25, -0.2) is 0 Å². The van der Waals surface area contributed by atoms with Crippen molar-refractivity contribution < 1.29 is 9.59 Å². The average molecular weight is 126 g/mol. The summed E-state index contributed by atoms with van der Waals surface area (Å²) in [5.74, 6) is 0.534. The van der Waals surface area contributed by atoms with Gasteiger partial charge in [0.15, 0.2) is 0 Å².